The van der Waals surface area contributed by atoms with Crippen molar-refractivity contribution in [2.45, 2.75) is 0 Å². The maximum atomic E-state index is 12.1. The number of anilines is 2. The number of nitriles is 1. The van der Waals surface area contributed by atoms with Gasteiger partial charge in [0.05, 0.1) is 7.11 Å². The molecule has 24 heavy (non-hydrogen) atoms. The van der Waals surface area contributed by atoms with Crippen molar-refractivity contribution in [3.8, 4) is 11.8 Å². The molecule has 0 unspecified atom stereocenters. The van der Waals surface area contributed by atoms with Gasteiger partial charge in [0, 0.05) is 27.6 Å². The molecule has 0 saturated heterocycles. The first-order valence-corrected chi connectivity index (χ1v) is 7.55. The highest BCUT2D eigenvalue weighted by Gasteiger charge is 2.09. The van der Waals surface area contributed by atoms with Gasteiger partial charge < -0.3 is 15.4 Å². The molecule has 0 aliphatic rings. The lowest BCUT2D eigenvalue weighted by Gasteiger charge is -2.07. The first-order valence-electron chi connectivity index (χ1n) is 6.80. The van der Waals surface area contributed by atoms with Gasteiger partial charge in [0.2, 0.25) is 0 Å². The lowest BCUT2D eigenvalue weighted by Crippen LogP contribution is -2.14. The third kappa shape index (κ3) is 4.92. The molecule has 0 atom stereocenters. The summed E-state index contributed by atoms with van der Waals surface area (Å²) in [6, 6.07) is 13.4. The van der Waals surface area contributed by atoms with Crippen LogP contribution in [0.15, 0.2) is 54.2 Å². The van der Waals surface area contributed by atoms with Crippen LogP contribution in [0, 0.1) is 11.3 Å². The molecule has 2 N–H and O–H groups in total. The number of ether oxygens (including phenoxy) is 1. The highest BCUT2D eigenvalue weighted by Crippen LogP contribution is 2.22. The van der Waals surface area contributed by atoms with Gasteiger partial charge in [0.15, 0.2) is 0 Å². The number of nitrogens with one attached hydrogen (secondary N) is 2. The number of carbonyl (C=O) groups is 1. The molecule has 122 valence electrons. The van der Waals surface area contributed by atoms with E-state index in [1.54, 1.807) is 49.6 Å². The third-order valence-electron chi connectivity index (χ3n) is 2.96. The fourth-order valence-corrected chi connectivity index (χ4v) is 2.34. The molecule has 2 rings (SSSR count). The molecule has 0 spiro atoms. The topological polar surface area (TPSA) is 74.1 Å². The van der Waals surface area contributed by atoms with Crippen LogP contribution in [0.1, 0.15) is 0 Å². The summed E-state index contributed by atoms with van der Waals surface area (Å²) in [5.41, 5.74) is 1.02. The summed E-state index contributed by atoms with van der Waals surface area (Å²) in [4.78, 5) is 12.1. The Bertz CT molecular complexity index is 791. The van der Waals surface area contributed by atoms with Crippen LogP contribution in [0.25, 0.3) is 0 Å². The zero-order valence-corrected chi connectivity index (χ0v) is 14.2. The number of carbonyl (C=O) groups excluding carboxylic acids is 1. The number of amides is 1. The molecule has 0 aliphatic carbocycles. The predicted octanol–water partition coefficient (Wildman–Crippen LogP) is 4.46. The van der Waals surface area contributed by atoms with Crippen LogP contribution in [0.5, 0.6) is 5.75 Å². The SMILES string of the molecule is COc1ccc(NC(=O)/C(C#N)=C\Nc2cc(Cl)cc(Cl)c2)cc1. The Morgan fingerprint density at radius 1 is 1.12 bits per heavy atom. The van der Waals surface area contributed by atoms with Crippen LogP contribution in [0.3, 0.4) is 0 Å². The molecule has 2 aromatic carbocycles. The average Bonchev–Trinajstić information content (AvgIpc) is 2.55. The average molecular weight is 362 g/mol. The lowest BCUT2D eigenvalue weighted by atomic mass is 10.2. The van der Waals surface area contributed by atoms with Crippen molar-refractivity contribution in [3.63, 3.8) is 0 Å². The highest BCUT2D eigenvalue weighted by atomic mass is 35.5. The summed E-state index contributed by atoms with van der Waals surface area (Å²) in [5.74, 6) is 0.131. The van der Waals surface area contributed by atoms with Gasteiger partial charge in [-0.15, -0.1) is 0 Å². The molecule has 1 amide bonds. The van der Waals surface area contributed by atoms with Crippen molar-refractivity contribution < 1.29 is 9.53 Å². The Morgan fingerprint density at radius 3 is 2.29 bits per heavy atom. The first kappa shape index (κ1) is 17.7. The summed E-state index contributed by atoms with van der Waals surface area (Å²) in [6.45, 7) is 0. The van der Waals surface area contributed by atoms with E-state index in [0.29, 0.717) is 27.2 Å². The van der Waals surface area contributed by atoms with Gasteiger partial charge >= 0.3 is 0 Å². The molecule has 0 aliphatic heterocycles. The van der Waals surface area contributed by atoms with E-state index >= 15 is 0 Å². The molecule has 0 heterocycles. The lowest BCUT2D eigenvalue weighted by molar-refractivity contribution is -0.112. The molecule has 0 fully saturated rings. The fourth-order valence-electron chi connectivity index (χ4n) is 1.81. The van der Waals surface area contributed by atoms with Crippen LogP contribution in [-0.2, 0) is 4.79 Å². The monoisotopic (exact) mass is 361 g/mol. The number of hydrogen-bond donors (Lipinski definition) is 2. The van der Waals surface area contributed by atoms with Crippen LogP contribution in [0.2, 0.25) is 10.0 Å². The van der Waals surface area contributed by atoms with E-state index in [1.165, 1.54) is 6.20 Å². The minimum Gasteiger partial charge on any atom is -0.497 e. The number of nitrogens with zero attached hydrogens (tertiary/aromatic N) is 1. The summed E-state index contributed by atoms with van der Waals surface area (Å²) >= 11 is 11.8. The second-order valence-corrected chi connectivity index (χ2v) is 5.53. The van der Waals surface area contributed by atoms with E-state index in [0.717, 1.165) is 0 Å². The number of hydrogen-bond acceptors (Lipinski definition) is 4. The summed E-state index contributed by atoms with van der Waals surface area (Å²) < 4.78 is 5.04. The molecule has 0 radical (unpaired) electrons. The number of benzene rings is 2. The van der Waals surface area contributed by atoms with Crippen LogP contribution in [0.4, 0.5) is 11.4 Å². The maximum Gasteiger partial charge on any atom is 0.267 e. The maximum absolute atomic E-state index is 12.1. The smallest absolute Gasteiger partial charge is 0.267 e. The Labute approximate surface area is 149 Å². The van der Waals surface area contributed by atoms with Gasteiger partial charge in [-0.2, -0.15) is 5.26 Å². The first-order chi connectivity index (χ1) is 11.5. The van der Waals surface area contributed by atoms with Gasteiger partial charge in [-0.05, 0) is 42.5 Å². The summed E-state index contributed by atoms with van der Waals surface area (Å²) in [6.07, 6.45) is 1.29. The van der Waals surface area contributed by atoms with Gasteiger partial charge in [-0.25, -0.2) is 0 Å². The summed E-state index contributed by atoms with van der Waals surface area (Å²) in [7, 11) is 1.55. The molecule has 2 aromatic rings. The van der Waals surface area contributed by atoms with Crippen LogP contribution < -0.4 is 15.4 Å². The molecule has 0 aromatic heterocycles. The summed E-state index contributed by atoms with van der Waals surface area (Å²) in [5, 5.41) is 15.5. The van der Waals surface area contributed by atoms with Gasteiger partial charge in [-0.3, -0.25) is 4.79 Å². The van der Waals surface area contributed by atoms with Crippen LogP contribution in [-0.4, -0.2) is 13.0 Å². The van der Waals surface area contributed by atoms with Gasteiger partial charge in [-0.1, -0.05) is 23.2 Å². The van der Waals surface area contributed by atoms with E-state index in [-0.39, 0.29) is 5.57 Å². The van der Waals surface area contributed by atoms with Gasteiger partial charge in [0.1, 0.15) is 17.4 Å². The predicted molar refractivity (Wildman–Crippen MR) is 95.4 cm³/mol. The minimum atomic E-state index is -0.539. The van der Waals surface area contributed by atoms with E-state index < -0.39 is 5.91 Å². The largest absolute Gasteiger partial charge is 0.497 e. The zero-order chi connectivity index (χ0) is 17.5. The van der Waals surface area contributed by atoms with E-state index in [4.69, 9.17) is 33.2 Å². The quantitative estimate of drug-likeness (QED) is 0.608. The normalized spacial score (nSPS) is 10.7. The second-order valence-electron chi connectivity index (χ2n) is 4.65. The Morgan fingerprint density at radius 2 is 1.75 bits per heavy atom. The molecule has 0 bridgehead atoms. The molecule has 5 nitrogen and oxygen atoms in total. The van der Waals surface area contributed by atoms with Crippen molar-refractivity contribution in [2.24, 2.45) is 0 Å². The Hall–Kier alpha value is -2.68. The van der Waals surface area contributed by atoms with E-state index in [9.17, 15) is 4.79 Å². The number of methoxy groups -OCH3 is 1. The Kier molecular flexibility index (Phi) is 6.07. The van der Waals surface area contributed by atoms with Crippen molar-refractivity contribution in [1.82, 2.24) is 0 Å². The molecular formula is C17H13Cl2N3O2. The van der Waals surface area contributed by atoms with Crippen LogP contribution >= 0.6 is 23.2 Å². The second kappa shape index (κ2) is 8.25. The molecule has 7 heteroatoms. The van der Waals surface area contributed by atoms with Crippen molar-refractivity contribution >= 4 is 40.5 Å². The fraction of sp³-hybridized carbons (Fsp3) is 0.0588. The Balaban J connectivity index is 2.08. The van der Waals surface area contributed by atoms with E-state index in [1.807, 2.05) is 6.07 Å². The number of rotatable bonds is 5. The zero-order valence-electron chi connectivity index (χ0n) is 12.6. The highest BCUT2D eigenvalue weighted by molar-refractivity contribution is 6.35. The van der Waals surface area contributed by atoms with E-state index in [2.05, 4.69) is 10.6 Å². The van der Waals surface area contributed by atoms with Crippen molar-refractivity contribution in [2.75, 3.05) is 17.7 Å². The molecular weight excluding hydrogens is 349 g/mol. The minimum absolute atomic E-state index is 0.0954. The standard InChI is InChI=1S/C17H13Cl2N3O2/c1-24-16-4-2-14(3-5-16)22-17(23)11(9-20)10-21-15-7-12(18)6-13(19)8-15/h2-8,10,21H,1H3,(H,22,23)/b11-10-. The third-order valence-corrected chi connectivity index (χ3v) is 3.40. The molecule has 0 saturated carbocycles. The van der Waals surface area contributed by atoms with Crippen molar-refractivity contribution in [3.05, 3.63) is 64.3 Å². The van der Waals surface area contributed by atoms with Crippen molar-refractivity contribution in [1.29, 1.82) is 5.26 Å². The van der Waals surface area contributed by atoms with Gasteiger partial charge in [0.25, 0.3) is 5.91 Å². The number of halogens is 2.